The van der Waals surface area contributed by atoms with Gasteiger partial charge < -0.3 is 24.0 Å². The zero-order valence-electron chi connectivity index (χ0n) is 22.4. The molecule has 0 aromatic heterocycles. The fourth-order valence-electron chi connectivity index (χ4n) is 6.27. The molecule has 3 heterocycles. The van der Waals surface area contributed by atoms with Crippen LogP contribution < -0.4 is 14.4 Å². The number of benzene rings is 1. The second kappa shape index (κ2) is 11.3. The first-order chi connectivity index (χ1) is 18.7. The number of anilines is 1. The van der Waals surface area contributed by atoms with Crippen molar-refractivity contribution in [1.82, 2.24) is 9.80 Å². The van der Waals surface area contributed by atoms with Crippen molar-refractivity contribution >= 4 is 35.2 Å². The quantitative estimate of drug-likeness (QED) is 0.372. The van der Waals surface area contributed by atoms with Crippen LogP contribution in [0.1, 0.15) is 59.3 Å². The molecule has 0 radical (unpaired) electrons. The number of nitrogens with zero attached hydrogens (tertiary/aromatic N) is 3. The van der Waals surface area contributed by atoms with Gasteiger partial charge in [0.2, 0.25) is 11.7 Å². The minimum atomic E-state index is -1.07. The molecule has 216 valence electrons. The van der Waals surface area contributed by atoms with Gasteiger partial charge in [-0.15, -0.1) is 0 Å². The predicted octanol–water partition coefficient (Wildman–Crippen LogP) is 2.81. The molecule has 0 spiro atoms. The van der Waals surface area contributed by atoms with Gasteiger partial charge in [-0.25, -0.2) is 0 Å². The number of ketones is 1. The Bertz CT molecular complexity index is 1230. The first kappa shape index (κ1) is 29.1. The third-order valence-corrected chi connectivity index (χ3v) is 8.29. The maximum Gasteiger partial charge on any atom is 0.302 e. The van der Waals surface area contributed by atoms with Crippen LogP contribution in [-0.2, 0) is 28.7 Å². The largest absolute Gasteiger partial charge is 0.497 e. The molecular formula is C29H37N3O8. The predicted molar refractivity (Wildman–Crippen MR) is 144 cm³/mol. The Morgan fingerprint density at radius 2 is 1.57 bits per heavy atom. The van der Waals surface area contributed by atoms with E-state index in [2.05, 4.69) is 0 Å². The second-order valence-electron chi connectivity index (χ2n) is 10.6. The number of fused-ring (bicyclic) bond motifs is 4. The van der Waals surface area contributed by atoms with Gasteiger partial charge in [0, 0.05) is 31.3 Å². The van der Waals surface area contributed by atoms with E-state index in [1.807, 2.05) is 0 Å². The molecule has 11 heteroatoms. The Hall–Kier alpha value is -3.89. The second-order valence-corrected chi connectivity index (χ2v) is 10.6. The van der Waals surface area contributed by atoms with Crippen LogP contribution in [0, 0.1) is 5.41 Å². The number of methoxy groups -OCH3 is 2. The summed E-state index contributed by atoms with van der Waals surface area (Å²) in [6.45, 7) is 0.958. The monoisotopic (exact) mass is 555 g/mol. The third kappa shape index (κ3) is 4.93. The van der Waals surface area contributed by atoms with Crippen molar-refractivity contribution in [3.8, 4) is 11.5 Å². The summed E-state index contributed by atoms with van der Waals surface area (Å²) in [5.74, 6) is -1.54. The van der Waals surface area contributed by atoms with Crippen LogP contribution in [0.15, 0.2) is 30.1 Å². The molecule has 2 bridgehead atoms. The standard InChI is InChI=1S/C28H33N3O8.CH4/c1-17(32)39-16-28(9-4-5-10-28)25(34)27(36)31-21-7-6-8-22(31)26(35)30-15-24(33)29(14-23(21)30)18-11-19(37-2)13-20(12-18)38-3;/h11-14,21-22H,4-10,15-16H2,1-3H3;1H4. The van der Waals surface area contributed by atoms with Gasteiger partial charge in [0.25, 0.3) is 11.8 Å². The van der Waals surface area contributed by atoms with Gasteiger partial charge in [-0.2, -0.15) is 0 Å². The maximum atomic E-state index is 13.9. The highest BCUT2D eigenvalue weighted by Gasteiger charge is 2.54. The van der Waals surface area contributed by atoms with E-state index >= 15 is 0 Å². The van der Waals surface area contributed by atoms with Gasteiger partial charge in [-0.05, 0) is 32.1 Å². The number of ether oxygens (including phenoxy) is 3. The zero-order valence-corrected chi connectivity index (χ0v) is 22.4. The number of piperazine rings is 1. The highest BCUT2D eigenvalue weighted by Crippen LogP contribution is 2.43. The van der Waals surface area contributed by atoms with Crippen LogP contribution in [0.2, 0.25) is 0 Å². The topological polar surface area (TPSA) is 123 Å². The summed E-state index contributed by atoms with van der Waals surface area (Å²) in [7, 11) is 3.02. The number of piperidine rings is 1. The van der Waals surface area contributed by atoms with Crippen molar-refractivity contribution in [2.45, 2.75) is 71.4 Å². The molecule has 4 aliphatic rings. The van der Waals surface area contributed by atoms with E-state index < -0.39 is 35.2 Å². The van der Waals surface area contributed by atoms with Gasteiger partial charge >= 0.3 is 5.97 Å². The van der Waals surface area contributed by atoms with Crippen LogP contribution in [0.3, 0.4) is 0 Å². The highest BCUT2D eigenvalue weighted by atomic mass is 16.5. The summed E-state index contributed by atoms with van der Waals surface area (Å²) in [4.78, 5) is 70.3. The number of Topliss-reactive ketones (excluding diaryl/α,β-unsaturated/α-hetero) is 1. The van der Waals surface area contributed by atoms with E-state index in [4.69, 9.17) is 14.2 Å². The lowest BCUT2D eigenvalue weighted by Gasteiger charge is -2.52. The lowest BCUT2D eigenvalue weighted by Crippen LogP contribution is -2.68. The number of esters is 1. The fraction of sp³-hybridized carbons (Fsp3) is 0.552. The molecule has 3 aliphatic heterocycles. The Morgan fingerprint density at radius 3 is 2.17 bits per heavy atom. The minimum absolute atomic E-state index is 0. The van der Waals surface area contributed by atoms with E-state index in [9.17, 15) is 24.0 Å². The van der Waals surface area contributed by atoms with Gasteiger partial charge in [-0.1, -0.05) is 20.3 Å². The third-order valence-electron chi connectivity index (χ3n) is 8.29. The summed E-state index contributed by atoms with van der Waals surface area (Å²) < 4.78 is 15.9. The first-order valence-corrected chi connectivity index (χ1v) is 13.3. The molecule has 3 fully saturated rings. The van der Waals surface area contributed by atoms with E-state index in [1.165, 1.54) is 35.8 Å². The van der Waals surface area contributed by atoms with Crippen molar-refractivity contribution in [1.29, 1.82) is 0 Å². The summed E-state index contributed by atoms with van der Waals surface area (Å²) in [5, 5.41) is 0. The average Bonchev–Trinajstić information content (AvgIpc) is 3.43. The van der Waals surface area contributed by atoms with Gasteiger partial charge in [-0.3, -0.25) is 28.9 Å². The number of carbonyl (C=O) groups is 5. The SMILES string of the molecule is C.COc1cc(OC)cc(N2C=C3C4CCCC(C(=O)N3CC2=O)N4C(=O)C(=O)C2(COC(C)=O)CCCC2)c1. The summed E-state index contributed by atoms with van der Waals surface area (Å²) >= 11 is 0. The zero-order chi connectivity index (χ0) is 27.9. The highest BCUT2D eigenvalue weighted by molar-refractivity contribution is 6.38. The molecule has 1 aromatic carbocycles. The van der Waals surface area contributed by atoms with Gasteiger partial charge in [0.1, 0.15) is 30.7 Å². The summed E-state index contributed by atoms with van der Waals surface area (Å²) in [5.41, 5.74) is -0.0787. The normalized spacial score (nSPS) is 23.1. The van der Waals surface area contributed by atoms with E-state index in [0.29, 0.717) is 55.0 Å². The molecule has 1 aliphatic carbocycles. The first-order valence-electron chi connectivity index (χ1n) is 13.3. The van der Waals surface area contributed by atoms with E-state index in [-0.39, 0.29) is 32.4 Å². The molecule has 1 aromatic rings. The molecule has 2 unspecified atom stereocenters. The van der Waals surface area contributed by atoms with Crippen molar-refractivity contribution < 1.29 is 38.2 Å². The smallest absolute Gasteiger partial charge is 0.302 e. The number of carbonyl (C=O) groups excluding carboxylic acids is 5. The van der Waals surface area contributed by atoms with Gasteiger partial charge in [0.05, 0.1) is 37.1 Å². The molecule has 3 amide bonds. The molecule has 0 N–H and O–H groups in total. The number of hydrogen-bond acceptors (Lipinski definition) is 8. The fourth-order valence-corrected chi connectivity index (χ4v) is 6.27. The Labute approximate surface area is 234 Å². The molecular weight excluding hydrogens is 518 g/mol. The Morgan fingerprint density at radius 1 is 0.950 bits per heavy atom. The molecule has 11 nitrogen and oxygen atoms in total. The summed E-state index contributed by atoms with van der Waals surface area (Å²) in [6.07, 6.45) is 5.67. The van der Waals surface area contributed by atoms with Crippen LogP contribution in [0.25, 0.3) is 0 Å². The molecule has 2 saturated heterocycles. The number of amides is 3. The molecule has 1 saturated carbocycles. The molecule has 2 atom stereocenters. The number of hydrogen-bond donors (Lipinski definition) is 0. The van der Waals surface area contributed by atoms with Crippen molar-refractivity contribution in [3.63, 3.8) is 0 Å². The maximum absolute atomic E-state index is 13.9. The Balaban J connectivity index is 0.00000370. The van der Waals surface area contributed by atoms with Crippen LogP contribution in [0.4, 0.5) is 5.69 Å². The lowest BCUT2D eigenvalue weighted by atomic mass is 9.80. The van der Waals surface area contributed by atoms with Crippen molar-refractivity contribution in [2.24, 2.45) is 5.41 Å². The van der Waals surface area contributed by atoms with Gasteiger partial charge in [0.15, 0.2) is 0 Å². The van der Waals surface area contributed by atoms with Crippen molar-refractivity contribution in [3.05, 3.63) is 30.1 Å². The van der Waals surface area contributed by atoms with Crippen LogP contribution >= 0.6 is 0 Å². The Kier molecular flexibility index (Phi) is 8.23. The van der Waals surface area contributed by atoms with Crippen LogP contribution in [0.5, 0.6) is 11.5 Å². The van der Waals surface area contributed by atoms with Crippen LogP contribution in [-0.4, -0.2) is 78.7 Å². The van der Waals surface area contributed by atoms with E-state index in [0.717, 1.165) is 12.8 Å². The summed E-state index contributed by atoms with van der Waals surface area (Å²) in [6, 6.07) is 3.70. The minimum Gasteiger partial charge on any atom is -0.497 e. The molecule has 5 rings (SSSR count). The van der Waals surface area contributed by atoms with E-state index in [1.54, 1.807) is 24.4 Å². The number of rotatable bonds is 7. The lowest BCUT2D eigenvalue weighted by molar-refractivity contribution is -0.164. The molecule has 40 heavy (non-hydrogen) atoms. The average molecular weight is 556 g/mol. The van der Waals surface area contributed by atoms with Crippen molar-refractivity contribution in [2.75, 3.05) is 32.3 Å².